The molecule has 1 heterocycles. The third-order valence-electron chi connectivity index (χ3n) is 5.17. The Morgan fingerprint density at radius 1 is 1.12 bits per heavy atom. The van der Waals surface area contributed by atoms with E-state index in [9.17, 15) is 24.5 Å². The van der Waals surface area contributed by atoms with Crippen molar-refractivity contribution >= 4 is 34.8 Å². The molecule has 0 saturated carbocycles. The predicted molar refractivity (Wildman–Crippen MR) is 117 cm³/mol. The molecule has 1 unspecified atom stereocenters. The number of carbonyl (C=O) groups is 3. The number of methoxy groups -OCH3 is 1. The minimum Gasteiger partial charge on any atom is -0.375 e. The van der Waals surface area contributed by atoms with Crippen molar-refractivity contribution in [2.24, 2.45) is 0 Å². The maximum Gasteiger partial charge on any atom is 0.272 e. The molecule has 1 fully saturated rings. The largest absolute Gasteiger partial charge is 0.375 e. The van der Waals surface area contributed by atoms with Gasteiger partial charge in [0.15, 0.2) is 0 Å². The Labute approximate surface area is 184 Å². The highest BCUT2D eigenvalue weighted by Crippen LogP contribution is 2.25. The molecule has 168 valence electrons. The van der Waals surface area contributed by atoms with Crippen molar-refractivity contribution in [1.82, 2.24) is 4.90 Å². The second kappa shape index (κ2) is 10.0. The number of ether oxygens (including phenoxy) is 1. The Morgan fingerprint density at radius 2 is 1.78 bits per heavy atom. The van der Waals surface area contributed by atoms with Gasteiger partial charge in [-0.2, -0.15) is 0 Å². The van der Waals surface area contributed by atoms with Crippen LogP contribution in [0.25, 0.3) is 0 Å². The lowest BCUT2D eigenvalue weighted by molar-refractivity contribution is -0.385. The number of nitrogens with zero attached hydrogens (tertiary/aromatic N) is 2. The Balaban J connectivity index is 1.66. The molecule has 3 rings (SSSR count). The van der Waals surface area contributed by atoms with Gasteiger partial charge in [-0.05, 0) is 56.2 Å². The Kier molecular flexibility index (Phi) is 7.16. The summed E-state index contributed by atoms with van der Waals surface area (Å²) in [4.78, 5) is 49.4. The zero-order chi connectivity index (χ0) is 23.3. The fraction of sp³-hybridized carbons (Fsp3) is 0.318. The number of likely N-dealkylation sites (tertiary alicyclic amines) is 1. The van der Waals surface area contributed by atoms with Crippen LogP contribution < -0.4 is 10.6 Å². The lowest BCUT2D eigenvalue weighted by Crippen LogP contribution is -2.43. The van der Waals surface area contributed by atoms with Crippen molar-refractivity contribution in [2.45, 2.75) is 25.8 Å². The molecule has 1 saturated heterocycles. The normalized spacial score (nSPS) is 15.3. The summed E-state index contributed by atoms with van der Waals surface area (Å²) in [5.74, 6) is -0.937. The smallest absolute Gasteiger partial charge is 0.272 e. The van der Waals surface area contributed by atoms with Crippen LogP contribution in [0.15, 0.2) is 42.5 Å². The second-order valence-corrected chi connectivity index (χ2v) is 7.46. The first kappa shape index (κ1) is 22.9. The number of hydrogen-bond donors (Lipinski definition) is 2. The van der Waals surface area contributed by atoms with Crippen molar-refractivity contribution in [3.63, 3.8) is 0 Å². The van der Waals surface area contributed by atoms with Gasteiger partial charge in [0.05, 0.1) is 4.92 Å². The number of rotatable bonds is 7. The maximum absolute atomic E-state index is 13.0. The van der Waals surface area contributed by atoms with E-state index in [1.165, 1.54) is 30.2 Å². The fourth-order valence-corrected chi connectivity index (χ4v) is 3.63. The summed E-state index contributed by atoms with van der Waals surface area (Å²) in [5, 5.41) is 16.5. The van der Waals surface area contributed by atoms with Gasteiger partial charge in [0.2, 0.25) is 11.8 Å². The summed E-state index contributed by atoms with van der Waals surface area (Å²) in [5.41, 5.74) is 1.74. The van der Waals surface area contributed by atoms with Gasteiger partial charge in [-0.1, -0.05) is 0 Å². The quantitative estimate of drug-likeness (QED) is 0.503. The molecular weight excluding hydrogens is 416 g/mol. The van der Waals surface area contributed by atoms with Crippen molar-refractivity contribution in [2.75, 3.05) is 30.9 Å². The lowest BCUT2D eigenvalue weighted by atomic mass is 10.1. The number of benzene rings is 2. The minimum atomic E-state index is -0.640. The number of anilines is 2. The first-order valence-electron chi connectivity index (χ1n) is 10.1. The average Bonchev–Trinajstić information content (AvgIpc) is 3.24. The standard InChI is InChI=1S/C22H24N4O6/c1-14-12-15(5-10-18(14)26(30)31)22(29)25-11-3-4-19(25)21(28)24-17-8-6-16(7-9-17)23-20(27)13-32-2/h5-10,12,19H,3-4,11,13H2,1-2H3,(H,23,27)(H,24,28). The van der Waals surface area contributed by atoms with Crippen LogP contribution in [-0.4, -0.2) is 53.8 Å². The summed E-state index contributed by atoms with van der Waals surface area (Å²) >= 11 is 0. The van der Waals surface area contributed by atoms with Gasteiger partial charge in [-0.25, -0.2) is 0 Å². The third-order valence-corrected chi connectivity index (χ3v) is 5.17. The zero-order valence-corrected chi connectivity index (χ0v) is 17.8. The molecule has 0 aromatic heterocycles. The van der Waals surface area contributed by atoms with Crippen LogP contribution in [0.5, 0.6) is 0 Å². The van der Waals surface area contributed by atoms with E-state index in [0.29, 0.717) is 41.9 Å². The van der Waals surface area contributed by atoms with Gasteiger partial charge >= 0.3 is 0 Å². The monoisotopic (exact) mass is 440 g/mol. The zero-order valence-electron chi connectivity index (χ0n) is 17.8. The second-order valence-electron chi connectivity index (χ2n) is 7.46. The van der Waals surface area contributed by atoms with Gasteiger partial charge in [0.1, 0.15) is 12.6 Å². The number of carbonyl (C=O) groups excluding carboxylic acids is 3. The van der Waals surface area contributed by atoms with Crippen LogP contribution in [0.1, 0.15) is 28.8 Å². The van der Waals surface area contributed by atoms with Crippen LogP contribution in [0.2, 0.25) is 0 Å². The van der Waals surface area contributed by atoms with Gasteiger partial charge in [-0.15, -0.1) is 0 Å². The van der Waals surface area contributed by atoms with Gasteiger partial charge in [0, 0.05) is 42.2 Å². The van der Waals surface area contributed by atoms with E-state index in [2.05, 4.69) is 10.6 Å². The molecular formula is C22H24N4O6. The predicted octanol–water partition coefficient (Wildman–Crippen LogP) is 2.73. The summed E-state index contributed by atoms with van der Waals surface area (Å²) in [7, 11) is 1.43. The van der Waals surface area contributed by atoms with E-state index in [1.807, 2.05) is 0 Å². The molecule has 1 atom stereocenters. The van der Waals surface area contributed by atoms with Crippen molar-refractivity contribution in [3.05, 3.63) is 63.7 Å². The number of aryl methyl sites for hydroxylation is 1. The topological polar surface area (TPSA) is 131 Å². The summed E-state index contributed by atoms with van der Waals surface area (Å²) < 4.78 is 4.76. The molecule has 2 N–H and O–H groups in total. The molecule has 1 aliphatic rings. The highest BCUT2D eigenvalue weighted by molar-refractivity contribution is 6.02. The molecule has 2 aromatic rings. The van der Waals surface area contributed by atoms with Crippen LogP contribution in [0, 0.1) is 17.0 Å². The molecule has 1 aliphatic heterocycles. The Morgan fingerprint density at radius 3 is 2.38 bits per heavy atom. The number of nitro groups is 1. The van der Waals surface area contributed by atoms with Crippen LogP contribution in [0.3, 0.4) is 0 Å². The summed E-state index contributed by atoms with van der Waals surface area (Å²) in [6, 6.07) is 10.2. The van der Waals surface area contributed by atoms with Gasteiger partial charge in [-0.3, -0.25) is 24.5 Å². The molecule has 0 spiro atoms. The number of hydrogen-bond acceptors (Lipinski definition) is 6. The number of nitrogens with one attached hydrogen (secondary N) is 2. The van der Waals surface area contributed by atoms with E-state index in [1.54, 1.807) is 31.2 Å². The molecule has 3 amide bonds. The molecule has 0 aliphatic carbocycles. The van der Waals surface area contributed by atoms with E-state index in [4.69, 9.17) is 4.74 Å². The molecule has 0 bridgehead atoms. The minimum absolute atomic E-state index is 0.0564. The van der Waals surface area contributed by atoms with Crippen molar-refractivity contribution < 1.29 is 24.0 Å². The number of nitro benzene ring substituents is 1. The fourth-order valence-electron chi connectivity index (χ4n) is 3.63. The first-order valence-corrected chi connectivity index (χ1v) is 10.1. The van der Waals surface area contributed by atoms with Crippen LogP contribution in [0.4, 0.5) is 17.1 Å². The van der Waals surface area contributed by atoms with Gasteiger partial charge in [0.25, 0.3) is 11.6 Å². The Bertz CT molecular complexity index is 1040. The van der Waals surface area contributed by atoms with Gasteiger partial charge < -0.3 is 20.3 Å². The van der Waals surface area contributed by atoms with E-state index < -0.39 is 11.0 Å². The highest BCUT2D eigenvalue weighted by atomic mass is 16.6. The number of amides is 3. The Hall–Kier alpha value is -3.79. The average molecular weight is 440 g/mol. The van der Waals surface area contributed by atoms with E-state index in [0.717, 1.165) is 0 Å². The van der Waals surface area contributed by atoms with Crippen molar-refractivity contribution in [3.8, 4) is 0 Å². The molecule has 0 radical (unpaired) electrons. The van der Waals surface area contributed by atoms with Crippen LogP contribution in [-0.2, 0) is 14.3 Å². The molecule has 2 aromatic carbocycles. The molecule has 10 heteroatoms. The summed E-state index contributed by atoms with van der Waals surface area (Å²) in [6.45, 7) is 1.94. The van der Waals surface area contributed by atoms with E-state index >= 15 is 0 Å². The van der Waals surface area contributed by atoms with Crippen molar-refractivity contribution in [1.29, 1.82) is 0 Å². The van der Waals surface area contributed by atoms with Crippen LogP contribution >= 0.6 is 0 Å². The first-order chi connectivity index (χ1) is 15.3. The third kappa shape index (κ3) is 5.27. The maximum atomic E-state index is 13.0. The van der Waals surface area contributed by atoms with E-state index in [-0.39, 0.29) is 30.0 Å². The highest BCUT2D eigenvalue weighted by Gasteiger charge is 2.35. The molecule has 10 nitrogen and oxygen atoms in total. The SMILES string of the molecule is COCC(=O)Nc1ccc(NC(=O)C2CCCN2C(=O)c2ccc([N+](=O)[O-])c(C)c2)cc1. The molecule has 32 heavy (non-hydrogen) atoms. The lowest BCUT2D eigenvalue weighted by Gasteiger charge is -2.24. The summed E-state index contributed by atoms with van der Waals surface area (Å²) in [6.07, 6.45) is 1.20.